The number of hydrogen-bond acceptors (Lipinski definition) is 8. The Hall–Kier alpha value is -2.71. The molecular weight excluding hydrogens is 422 g/mol. The van der Waals surface area contributed by atoms with Crippen molar-refractivity contribution in [3.05, 3.63) is 67.3 Å². The maximum Gasteiger partial charge on any atom is 0.336 e. The van der Waals surface area contributed by atoms with Gasteiger partial charge >= 0.3 is 11.9 Å². The summed E-state index contributed by atoms with van der Waals surface area (Å²) in [6.45, 7) is 1.81. The summed E-state index contributed by atoms with van der Waals surface area (Å²) < 4.78 is 10.0. The molecule has 0 unspecified atom stereocenters. The van der Waals surface area contributed by atoms with E-state index in [4.69, 9.17) is 9.47 Å². The van der Waals surface area contributed by atoms with Crippen LogP contribution in [0.25, 0.3) is 0 Å². The van der Waals surface area contributed by atoms with E-state index in [0.717, 1.165) is 15.5 Å². The molecule has 1 N–H and O–H groups in total. The first-order valence-electron chi connectivity index (χ1n) is 9.45. The van der Waals surface area contributed by atoms with E-state index < -0.39 is 23.8 Å². The molecule has 6 nitrogen and oxygen atoms in total. The predicted octanol–water partition coefficient (Wildman–Crippen LogP) is 3.74. The Kier molecular flexibility index (Phi) is 5.62. The predicted molar refractivity (Wildman–Crippen MR) is 114 cm³/mol. The highest BCUT2D eigenvalue weighted by Gasteiger charge is 2.49. The van der Waals surface area contributed by atoms with Gasteiger partial charge in [0.1, 0.15) is 5.92 Å². The Morgan fingerprint density at radius 1 is 1.07 bits per heavy atom. The number of dihydropyridines is 1. The van der Waals surface area contributed by atoms with Gasteiger partial charge in [-0.3, -0.25) is 9.59 Å². The largest absolute Gasteiger partial charge is 0.468 e. The van der Waals surface area contributed by atoms with E-state index in [-0.39, 0.29) is 11.7 Å². The van der Waals surface area contributed by atoms with Gasteiger partial charge in [0.2, 0.25) is 0 Å². The van der Waals surface area contributed by atoms with Crippen LogP contribution in [0.3, 0.4) is 0 Å². The average molecular weight is 444 g/mol. The van der Waals surface area contributed by atoms with Crippen LogP contribution in [-0.2, 0) is 23.9 Å². The van der Waals surface area contributed by atoms with Gasteiger partial charge in [0, 0.05) is 32.6 Å². The van der Waals surface area contributed by atoms with Gasteiger partial charge in [-0.2, -0.15) is 0 Å². The van der Waals surface area contributed by atoms with Crippen LogP contribution < -0.4 is 5.32 Å². The second-order valence-electron chi connectivity index (χ2n) is 7.19. The Labute approximate surface area is 182 Å². The van der Waals surface area contributed by atoms with Gasteiger partial charge in [0.05, 0.1) is 25.7 Å². The number of thiophene rings is 2. The average Bonchev–Trinajstić information content (AvgIpc) is 3.45. The summed E-state index contributed by atoms with van der Waals surface area (Å²) in [5.41, 5.74) is 2.26. The Morgan fingerprint density at radius 3 is 2.30 bits per heavy atom. The summed E-state index contributed by atoms with van der Waals surface area (Å²) in [6, 6.07) is 7.62. The van der Waals surface area contributed by atoms with Crippen molar-refractivity contribution >= 4 is 40.4 Å². The van der Waals surface area contributed by atoms with Crippen molar-refractivity contribution in [3.63, 3.8) is 0 Å². The van der Waals surface area contributed by atoms with Gasteiger partial charge < -0.3 is 14.8 Å². The summed E-state index contributed by atoms with van der Waals surface area (Å²) in [7, 11) is 2.62. The number of ketones is 1. The summed E-state index contributed by atoms with van der Waals surface area (Å²) >= 11 is 2.98. The van der Waals surface area contributed by atoms with E-state index in [9.17, 15) is 14.4 Å². The molecule has 0 aromatic carbocycles. The van der Waals surface area contributed by atoms with Gasteiger partial charge in [0.25, 0.3) is 0 Å². The Morgan fingerprint density at radius 2 is 1.73 bits per heavy atom. The smallest absolute Gasteiger partial charge is 0.336 e. The summed E-state index contributed by atoms with van der Waals surface area (Å²) in [5, 5.41) is 7.11. The molecule has 8 heteroatoms. The van der Waals surface area contributed by atoms with Crippen LogP contribution in [0.5, 0.6) is 0 Å². The molecule has 1 aliphatic carbocycles. The summed E-state index contributed by atoms with van der Waals surface area (Å²) in [6.07, 6.45) is 0.481. The molecule has 0 fully saturated rings. The van der Waals surface area contributed by atoms with Crippen molar-refractivity contribution in [1.29, 1.82) is 0 Å². The minimum atomic E-state index is -0.950. The van der Waals surface area contributed by atoms with Gasteiger partial charge in [-0.1, -0.05) is 12.1 Å². The number of methoxy groups -OCH3 is 2. The fraction of sp³-hybridized carbons (Fsp3) is 0.318. The third-order valence-electron chi connectivity index (χ3n) is 5.62. The van der Waals surface area contributed by atoms with E-state index in [0.29, 0.717) is 23.3 Å². The Balaban J connectivity index is 1.88. The third-order valence-corrected chi connectivity index (χ3v) is 7.56. The highest BCUT2D eigenvalue weighted by molar-refractivity contribution is 7.10. The zero-order valence-electron chi connectivity index (χ0n) is 16.8. The molecule has 3 heterocycles. The van der Waals surface area contributed by atoms with Crippen LogP contribution in [0.15, 0.2) is 57.6 Å². The van der Waals surface area contributed by atoms with E-state index in [1.807, 2.05) is 41.9 Å². The van der Waals surface area contributed by atoms with Crippen molar-refractivity contribution < 1.29 is 23.9 Å². The van der Waals surface area contributed by atoms with Crippen LogP contribution in [0, 0.1) is 5.92 Å². The van der Waals surface area contributed by atoms with Crippen LogP contribution in [0.2, 0.25) is 0 Å². The van der Waals surface area contributed by atoms with Gasteiger partial charge in [-0.05, 0) is 36.2 Å². The molecule has 2 aliphatic rings. The van der Waals surface area contributed by atoms with E-state index >= 15 is 0 Å². The molecule has 3 atom stereocenters. The van der Waals surface area contributed by atoms with Crippen LogP contribution >= 0.6 is 22.7 Å². The summed E-state index contributed by atoms with van der Waals surface area (Å²) in [4.78, 5) is 40.9. The number of allylic oxidation sites excluding steroid dienone is 3. The highest BCUT2D eigenvalue weighted by atomic mass is 32.1. The number of nitrogens with one attached hydrogen (secondary N) is 1. The van der Waals surface area contributed by atoms with E-state index in [1.165, 1.54) is 36.9 Å². The normalized spacial score (nSPS) is 23.7. The SMILES string of the molecule is COC(=O)C1=C(C)NC2=C(C(=O)[C@H](C(=O)OC)[C@@H](c3cccs3)C2)[C@@H]1c1cccs1. The van der Waals surface area contributed by atoms with E-state index in [1.54, 1.807) is 0 Å². The second kappa shape index (κ2) is 8.20. The molecule has 2 aromatic rings. The van der Waals surface area contributed by atoms with Gasteiger partial charge in [0.15, 0.2) is 5.78 Å². The number of hydrogen-bond donors (Lipinski definition) is 1. The lowest BCUT2D eigenvalue weighted by Gasteiger charge is -2.38. The quantitative estimate of drug-likeness (QED) is 0.573. The van der Waals surface area contributed by atoms with Crippen LogP contribution in [0.1, 0.15) is 34.9 Å². The maximum absolute atomic E-state index is 13.8. The molecule has 4 rings (SSSR count). The second-order valence-corrected chi connectivity index (χ2v) is 9.15. The first kappa shape index (κ1) is 20.6. The van der Waals surface area contributed by atoms with Crippen molar-refractivity contribution in [2.24, 2.45) is 5.92 Å². The fourth-order valence-electron chi connectivity index (χ4n) is 4.32. The Bertz CT molecular complexity index is 1050. The number of carbonyl (C=O) groups is 3. The number of carbonyl (C=O) groups excluding carboxylic acids is 3. The molecule has 2 aromatic heterocycles. The summed E-state index contributed by atoms with van der Waals surface area (Å²) in [5.74, 6) is -3.19. The molecular formula is C22H21NO5S2. The molecule has 30 heavy (non-hydrogen) atoms. The zero-order valence-corrected chi connectivity index (χ0v) is 18.4. The monoisotopic (exact) mass is 443 g/mol. The number of esters is 2. The number of ether oxygens (including phenoxy) is 2. The molecule has 156 valence electrons. The zero-order chi connectivity index (χ0) is 21.4. The number of rotatable bonds is 4. The molecule has 0 saturated heterocycles. The first-order chi connectivity index (χ1) is 14.5. The molecule has 0 radical (unpaired) electrons. The van der Waals surface area contributed by atoms with Crippen molar-refractivity contribution in [2.45, 2.75) is 25.2 Å². The third kappa shape index (κ3) is 3.30. The minimum absolute atomic E-state index is 0.304. The van der Waals surface area contributed by atoms with Crippen LogP contribution in [0.4, 0.5) is 0 Å². The molecule has 0 bridgehead atoms. The number of Topliss-reactive ketones (excluding diaryl/α,β-unsaturated/α-hetero) is 1. The lowest BCUT2D eigenvalue weighted by atomic mass is 9.69. The van der Waals surface area contributed by atoms with Crippen molar-refractivity contribution in [3.8, 4) is 0 Å². The van der Waals surface area contributed by atoms with E-state index in [2.05, 4.69) is 5.32 Å². The fourth-order valence-corrected chi connectivity index (χ4v) is 6.03. The molecule has 1 aliphatic heterocycles. The highest BCUT2D eigenvalue weighted by Crippen LogP contribution is 2.49. The van der Waals surface area contributed by atoms with Gasteiger partial charge in [-0.25, -0.2) is 4.79 Å². The molecule has 0 saturated carbocycles. The first-order valence-corrected chi connectivity index (χ1v) is 11.2. The topological polar surface area (TPSA) is 81.7 Å². The lowest BCUT2D eigenvalue weighted by Crippen LogP contribution is -2.43. The van der Waals surface area contributed by atoms with Crippen molar-refractivity contribution in [2.75, 3.05) is 14.2 Å². The standard InChI is InChI=1S/C22H21NO5S2/c1-11-16(21(25)27-2)19(15-7-5-9-30-15)18-13(23-11)10-12(14-6-4-8-29-14)17(20(18)24)22(26)28-3/h4-9,12,17,19,23H,10H2,1-3H3/t12-,17-,19-/m1/s1. The van der Waals surface area contributed by atoms with Crippen LogP contribution in [-0.4, -0.2) is 31.9 Å². The lowest BCUT2D eigenvalue weighted by molar-refractivity contribution is -0.149. The molecule has 0 spiro atoms. The minimum Gasteiger partial charge on any atom is -0.468 e. The van der Waals surface area contributed by atoms with Gasteiger partial charge in [-0.15, -0.1) is 22.7 Å². The maximum atomic E-state index is 13.8. The molecule has 0 amide bonds. The van der Waals surface area contributed by atoms with Crippen molar-refractivity contribution in [1.82, 2.24) is 5.32 Å².